The predicted molar refractivity (Wildman–Crippen MR) is 84.7 cm³/mol. The first kappa shape index (κ1) is 15.5. The van der Waals surface area contributed by atoms with Gasteiger partial charge in [-0.3, -0.25) is 9.88 Å². The van der Waals surface area contributed by atoms with E-state index in [0.717, 1.165) is 25.3 Å². The van der Waals surface area contributed by atoms with E-state index in [4.69, 9.17) is 0 Å². The van der Waals surface area contributed by atoms with Gasteiger partial charge in [-0.15, -0.1) is 0 Å². The Bertz CT molecular complexity index is 436. The summed E-state index contributed by atoms with van der Waals surface area (Å²) in [7, 11) is 0. The molecule has 0 aliphatic carbocycles. The van der Waals surface area contributed by atoms with Gasteiger partial charge in [-0.2, -0.15) is 0 Å². The van der Waals surface area contributed by atoms with Crippen LogP contribution in [0.5, 0.6) is 0 Å². The topological polar surface area (TPSA) is 28.2 Å². The third kappa shape index (κ3) is 3.80. The van der Waals surface area contributed by atoms with Crippen molar-refractivity contribution in [1.29, 1.82) is 0 Å². The summed E-state index contributed by atoms with van der Waals surface area (Å²) < 4.78 is 0. The first-order chi connectivity index (χ1) is 9.40. The summed E-state index contributed by atoms with van der Waals surface area (Å²) in [6, 6.07) is 7.50. The number of nitrogens with one attached hydrogen (secondary N) is 1. The highest BCUT2D eigenvalue weighted by Gasteiger charge is 2.33. The molecule has 1 N–H and O–H groups in total. The second-order valence-electron chi connectivity index (χ2n) is 7.09. The fourth-order valence-corrected chi connectivity index (χ4v) is 2.93. The quantitative estimate of drug-likeness (QED) is 0.919. The van der Waals surface area contributed by atoms with Crippen LogP contribution in [0.2, 0.25) is 0 Å². The van der Waals surface area contributed by atoms with Gasteiger partial charge < -0.3 is 5.32 Å². The van der Waals surface area contributed by atoms with Gasteiger partial charge in [0.2, 0.25) is 0 Å². The van der Waals surface area contributed by atoms with Crippen LogP contribution in [0.3, 0.4) is 0 Å². The Morgan fingerprint density at radius 2 is 2.10 bits per heavy atom. The molecule has 2 atom stereocenters. The maximum atomic E-state index is 4.66. The molecule has 0 saturated carbocycles. The second kappa shape index (κ2) is 6.23. The number of pyridine rings is 1. The van der Waals surface area contributed by atoms with Gasteiger partial charge in [-0.05, 0) is 30.9 Å². The van der Waals surface area contributed by atoms with Gasteiger partial charge >= 0.3 is 0 Å². The molecule has 20 heavy (non-hydrogen) atoms. The minimum atomic E-state index is 0.303. The summed E-state index contributed by atoms with van der Waals surface area (Å²) in [6.45, 7) is 14.5. The molecule has 0 radical (unpaired) electrons. The highest BCUT2D eigenvalue weighted by molar-refractivity contribution is 5.10. The number of piperazine rings is 1. The Morgan fingerprint density at radius 1 is 1.35 bits per heavy atom. The molecule has 112 valence electrons. The molecule has 0 spiro atoms. The van der Waals surface area contributed by atoms with Gasteiger partial charge in [0.1, 0.15) is 0 Å². The maximum Gasteiger partial charge on any atom is 0.0547 e. The van der Waals surface area contributed by atoms with Crippen molar-refractivity contribution >= 4 is 0 Å². The Hall–Kier alpha value is -0.930. The van der Waals surface area contributed by atoms with Crippen molar-refractivity contribution in [2.45, 2.75) is 59.7 Å². The van der Waals surface area contributed by atoms with Crippen LogP contribution in [0.1, 0.15) is 45.5 Å². The summed E-state index contributed by atoms with van der Waals surface area (Å²) in [5.41, 5.74) is 2.60. The minimum Gasteiger partial charge on any atom is -0.311 e. The molecule has 3 nitrogen and oxygen atoms in total. The number of aryl methyl sites for hydroxylation is 1. The van der Waals surface area contributed by atoms with Crippen LogP contribution in [-0.2, 0) is 6.54 Å². The summed E-state index contributed by atoms with van der Waals surface area (Å²) in [4.78, 5) is 7.27. The molecule has 1 saturated heterocycles. The highest BCUT2D eigenvalue weighted by Crippen LogP contribution is 2.25. The van der Waals surface area contributed by atoms with E-state index in [1.54, 1.807) is 0 Å². The zero-order valence-electron chi connectivity index (χ0n) is 13.6. The first-order valence-electron chi connectivity index (χ1n) is 7.80. The number of hydrogen-bond donors (Lipinski definition) is 1. The van der Waals surface area contributed by atoms with Crippen molar-refractivity contribution in [3.05, 3.63) is 29.6 Å². The molecule has 2 rings (SSSR count). The van der Waals surface area contributed by atoms with Crippen molar-refractivity contribution in [3.8, 4) is 0 Å². The highest BCUT2D eigenvalue weighted by atomic mass is 15.2. The van der Waals surface area contributed by atoms with Crippen LogP contribution < -0.4 is 5.32 Å². The van der Waals surface area contributed by atoms with Crippen molar-refractivity contribution in [2.75, 3.05) is 13.1 Å². The molecule has 0 aromatic carbocycles. The van der Waals surface area contributed by atoms with Crippen molar-refractivity contribution in [2.24, 2.45) is 5.41 Å². The minimum absolute atomic E-state index is 0.303. The van der Waals surface area contributed by atoms with Gasteiger partial charge in [-0.1, -0.05) is 33.8 Å². The molecule has 2 heterocycles. The lowest BCUT2D eigenvalue weighted by molar-refractivity contribution is 0.0765. The van der Waals surface area contributed by atoms with E-state index in [0.29, 0.717) is 17.5 Å². The lowest BCUT2D eigenvalue weighted by Crippen LogP contribution is -2.59. The van der Waals surface area contributed by atoms with Gasteiger partial charge in [0.15, 0.2) is 0 Å². The SMILES string of the molecule is CCC1CNC(C(C)(C)C)CN1Cc1cccc(C)n1. The lowest BCUT2D eigenvalue weighted by Gasteiger charge is -2.44. The molecule has 2 unspecified atom stereocenters. The Balaban J connectivity index is 2.09. The molecule has 3 heteroatoms. The predicted octanol–water partition coefficient (Wildman–Crippen LogP) is 2.99. The van der Waals surface area contributed by atoms with Crippen molar-refractivity contribution in [3.63, 3.8) is 0 Å². The van der Waals surface area contributed by atoms with Gasteiger partial charge in [-0.25, -0.2) is 0 Å². The van der Waals surface area contributed by atoms with Crippen LogP contribution in [-0.4, -0.2) is 35.1 Å². The zero-order valence-corrected chi connectivity index (χ0v) is 13.6. The van der Waals surface area contributed by atoms with Crippen molar-refractivity contribution < 1.29 is 0 Å². The van der Waals surface area contributed by atoms with Gasteiger partial charge in [0.25, 0.3) is 0 Å². The number of hydrogen-bond acceptors (Lipinski definition) is 3. The molecule has 1 fully saturated rings. The van der Waals surface area contributed by atoms with E-state index in [1.807, 2.05) is 0 Å². The maximum absolute atomic E-state index is 4.66. The van der Waals surface area contributed by atoms with Crippen LogP contribution in [0.4, 0.5) is 0 Å². The number of aromatic nitrogens is 1. The van der Waals surface area contributed by atoms with E-state index in [-0.39, 0.29) is 0 Å². The summed E-state index contributed by atoms with van der Waals surface area (Å²) in [5, 5.41) is 3.73. The summed E-state index contributed by atoms with van der Waals surface area (Å²) >= 11 is 0. The average molecular weight is 275 g/mol. The fourth-order valence-electron chi connectivity index (χ4n) is 2.93. The van der Waals surface area contributed by atoms with E-state index < -0.39 is 0 Å². The molecule has 1 aromatic rings. The smallest absolute Gasteiger partial charge is 0.0547 e. The molecular formula is C17H29N3. The largest absolute Gasteiger partial charge is 0.311 e. The molecule has 0 amide bonds. The van der Waals surface area contributed by atoms with E-state index >= 15 is 0 Å². The standard InChI is InChI=1S/C17H29N3/c1-6-15-10-18-16(17(3,4)5)12-20(15)11-14-9-7-8-13(2)19-14/h7-9,15-16,18H,6,10-12H2,1-5H3. The normalized spacial score (nSPS) is 24.9. The zero-order chi connectivity index (χ0) is 14.8. The Morgan fingerprint density at radius 3 is 2.70 bits per heavy atom. The van der Waals surface area contributed by atoms with Crippen LogP contribution in [0.25, 0.3) is 0 Å². The molecule has 1 aromatic heterocycles. The third-order valence-corrected chi connectivity index (χ3v) is 4.36. The fraction of sp³-hybridized carbons (Fsp3) is 0.706. The van der Waals surface area contributed by atoms with Gasteiger partial charge in [0, 0.05) is 37.4 Å². The van der Waals surface area contributed by atoms with Crippen LogP contribution in [0, 0.1) is 12.3 Å². The Labute approximate surface area is 123 Å². The summed E-state index contributed by atoms with van der Waals surface area (Å²) in [5.74, 6) is 0. The molecule has 0 bridgehead atoms. The first-order valence-corrected chi connectivity index (χ1v) is 7.80. The van der Waals surface area contributed by atoms with E-state index in [1.165, 1.54) is 12.1 Å². The summed E-state index contributed by atoms with van der Waals surface area (Å²) in [6.07, 6.45) is 1.19. The van der Waals surface area contributed by atoms with E-state index in [2.05, 4.69) is 68.0 Å². The molecule has 1 aliphatic rings. The van der Waals surface area contributed by atoms with Gasteiger partial charge in [0.05, 0.1) is 5.69 Å². The third-order valence-electron chi connectivity index (χ3n) is 4.36. The monoisotopic (exact) mass is 275 g/mol. The van der Waals surface area contributed by atoms with E-state index in [9.17, 15) is 0 Å². The van der Waals surface area contributed by atoms with Crippen LogP contribution in [0.15, 0.2) is 18.2 Å². The molecular weight excluding hydrogens is 246 g/mol. The number of nitrogens with zero attached hydrogens (tertiary/aromatic N) is 2. The van der Waals surface area contributed by atoms with Crippen molar-refractivity contribution in [1.82, 2.24) is 15.2 Å². The van der Waals surface area contributed by atoms with Crippen LogP contribution >= 0.6 is 0 Å². The number of rotatable bonds is 3. The molecule has 1 aliphatic heterocycles. The lowest BCUT2D eigenvalue weighted by atomic mass is 9.84. The average Bonchev–Trinajstić information content (AvgIpc) is 2.37. The Kier molecular flexibility index (Phi) is 4.82. The second-order valence-corrected chi connectivity index (χ2v) is 7.09.